The molecule has 1 amide bonds. The van der Waals surface area contributed by atoms with Crippen LogP contribution in [0.5, 0.6) is 0 Å². The number of likely N-dealkylation sites (tertiary alicyclic amines) is 1. The molecular weight excluding hydrogens is 356 g/mol. The molecule has 0 saturated carbocycles. The van der Waals surface area contributed by atoms with Gasteiger partial charge in [0.1, 0.15) is 0 Å². The number of benzene rings is 1. The summed E-state index contributed by atoms with van der Waals surface area (Å²) in [5.74, 6) is -1.90. The number of nitrogens with zero attached hydrogens (tertiary/aromatic N) is 4. The van der Waals surface area contributed by atoms with E-state index >= 15 is 0 Å². The predicted octanol–water partition coefficient (Wildman–Crippen LogP) is 2.53. The quantitative estimate of drug-likeness (QED) is 0.757. The van der Waals surface area contributed by atoms with E-state index in [0.29, 0.717) is 17.8 Å². The molecule has 7 heteroatoms. The van der Waals surface area contributed by atoms with Gasteiger partial charge in [-0.3, -0.25) is 14.3 Å². The number of rotatable bonds is 3. The number of carbonyl (C=O) groups excluding carboxylic acids is 1. The summed E-state index contributed by atoms with van der Waals surface area (Å²) in [6.45, 7) is 4.26. The number of carbonyl (C=O) groups is 2. The lowest BCUT2D eigenvalue weighted by Gasteiger charge is -2.17. The molecule has 1 aromatic carbocycles. The molecule has 3 aromatic rings. The number of hydrogen-bond donors (Lipinski definition) is 1. The molecule has 0 bridgehead atoms. The molecule has 4 rings (SSSR count). The number of carboxylic acid groups (broad SMARTS) is 1. The van der Waals surface area contributed by atoms with Gasteiger partial charge in [0, 0.05) is 31.7 Å². The van der Waals surface area contributed by atoms with E-state index in [9.17, 15) is 14.7 Å². The van der Waals surface area contributed by atoms with Crippen molar-refractivity contribution in [2.24, 2.45) is 13.0 Å². The summed E-state index contributed by atoms with van der Waals surface area (Å²) in [5, 5.41) is 14.8. The number of pyridine rings is 1. The average molecular weight is 378 g/mol. The van der Waals surface area contributed by atoms with Gasteiger partial charge in [-0.2, -0.15) is 5.10 Å². The van der Waals surface area contributed by atoms with Crippen molar-refractivity contribution < 1.29 is 14.7 Å². The molecule has 1 aliphatic heterocycles. The van der Waals surface area contributed by atoms with Crippen molar-refractivity contribution in [1.29, 1.82) is 0 Å². The largest absolute Gasteiger partial charge is 0.481 e. The van der Waals surface area contributed by atoms with Crippen molar-refractivity contribution in [3.8, 4) is 0 Å². The smallest absolute Gasteiger partial charge is 0.308 e. The third-order valence-electron chi connectivity index (χ3n) is 5.48. The van der Waals surface area contributed by atoms with Gasteiger partial charge in [0.25, 0.3) is 5.91 Å². The number of carboxylic acids is 1. The van der Waals surface area contributed by atoms with Crippen LogP contribution in [0.3, 0.4) is 0 Å². The molecule has 3 heterocycles. The van der Waals surface area contributed by atoms with Gasteiger partial charge in [-0.25, -0.2) is 4.98 Å². The molecule has 7 nitrogen and oxygen atoms in total. The highest BCUT2D eigenvalue weighted by Crippen LogP contribution is 2.34. The molecular formula is C21H22N4O3. The zero-order valence-electron chi connectivity index (χ0n) is 16.1. The SMILES string of the molecule is Cc1cc(C(=O)N2C[C@H](C(=O)O)[C@H](c3ccccc3)C2)c2c(C)nn(C)c2n1. The fraction of sp³-hybridized carbons (Fsp3) is 0.333. The summed E-state index contributed by atoms with van der Waals surface area (Å²) >= 11 is 0. The van der Waals surface area contributed by atoms with Crippen LogP contribution in [0.1, 0.15) is 33.2 Å². The summed E-state index contributed by atoms with van der Waals surface area (Å²) < 4.78 is 1.67. The second kappa shape index (κ2) is 6.74. The summed E-state index contributed by atoms with van der Waals surface area (Å²) in [5.41, 5.74) is 3.61. The van der Waals surface area contributed by atoms with Crippen LogP contribution in [-0.4, -0.2) is 49.7 Å². The molecule has 2 aromatic heterocycles. The first-order valence-electron chi connectivity index (χ1n) is 9.24. The summed E-state index contributed by atoms with van der Waals surface area (Å²) in [6.07, 6.45) is 0. The standard InChI is InChI=1S/C21H22N4O3/c1-12-9-15(18-13(2)23-24(3)19(18)22-12)20(26)25-10-16(17(11-25)21(27)28)14-7-5-4-6-8-14/h4-9,16-17H,10-11H2,1-3H3,(H,27,28)/t16-,17-/m0/s1. The Kier molecular flexibility index (Phi) is 4.37. The minimum atomic E-state index is -0.877. The Morgan fingerprint density at radius 3 is 2.54 bits per heavy atom. The second-order valence-corrected chi connectivity index (χ2v) is 7.39. The Balaban J connectivity index is 1.73. The highest BCUT2D eigenvalue weighted by molar-refractivity contribution is 6.06. The summed E-state index contributed by atoms with van der Waals surface area (Å²) in [7, 11) is 1.80. The van der Waals surface area contributed by atoms with Crippen molar-refractivity contribution >= 4 is 22.9 Å². The third kappa shape index (κ3) is 2.93. The van der Waals surface area contributed by atoms with Crippen LogP contribution in [0.4, 0.5) is 0 Å². The van der Waals surface area contributed by atoms with E-state index in [1.165, 1.54) is 0 Å². The molecule has 144 valence electrons. The van der Waals surface area contributed by atoms with Gasteiger partial charge in [-0.1, -0.05) is 30.3 Å². The van der Waals surface area contributed by atoms with Gasteiger partial charge >= 0.3 is 5.97 Å². The maximum Gasteiger partial charge on any atom is 0.308 e. The average Bonchev–Trinajstić information content (AvgIpc) is 3.23. The lowest BCUT2D eigenvalue weighted by molar-refractivity contribution is -0.141. The van der Waals surface area contributed by atoms with Crippen LogP contribution in [0.2, 0.25) is 0 Å². The van der Waals surface area contributed by atoms with E-state index in [1.807, 2.05) is 44.2 Å². The van der Waals surface area contributed by atoms with Crippen molar-refractivity contribution in [3.05, 3.63) is 58.9 Å². The molecule has 0 aliphatic carbocycles. The van der Waals surface area contributed by atoms with Crippen LogP contribution in [-0.2, 0) is 11.8 Å². The Hall–Kier alpha value is -3.22. The highest BCUT2D eigenvalue weighted by Gasteiger charge is 2.41. The van der Waals surface area contributed by atoms with Gasteiger partial charge in [-0.15, -0.1) is 0 Å². The van der Waals surface area contributed by atoms with E-state index in [2.05, 4.69) is 10.1 Å². The number of aliphatic carboxylic acids is 1. The van der Waals surface area contributed by atoms with E-state index in [0.717, 1.165) is 22.3 Å². The van der Waals surface area contributed by atoms with E-state index in [1.54, 1.807) is 22.7 Å². The zero-order chi connectivity index (χ0) is 20.0. The first kappa shape index (κ1) is 18.2. The van der Waals surface area contributed by atoms with Gasteiger partial charge in [0.05, 0.1) is 22.6 Å². The molecule has 1 N–H and O–H groups in total. The number of hydrogen-bond acceptors (Lipinski definition) is 4. The number of fused-ring (bicyclic) bond motifs is 1. The Labute approximate surface area is 162 Å². The Bertz CT molecular complexity index is 1070. The van der Waals surface area contributed by atoms with Gasteiger partial charge in [0.15, 0.2) is 5.65 Å². The first-order valence-corrected chi connectivity index (χ1v) is 9.24. The number of amides is 1. The maximum atomic E-state index is 13.4. The summed E-state index contributed by atoms with van der Waals surface area (Å²) in [6, 6.07) is 11.3. The van der Waals surface area contributed by atoms with Crippen LogP contribution in [0, 0.1) is 19.8 Å². The van der Waals surface area contributed by atoms with Gasteiger partial charge in [-0.05, 0) is 25.5 Å². The van der Waals surface area contributed by atoms with Crippen LogP contribution >= 0.6 is 0 Å². The van der Waals surface area contributed by atoms with Crippen LogP contribution in [0.25, 0.3) is 11.0 Å². The summed E-state index contributed by atoms with van der Waals surface area (Å²) in [4.78, 5) is 31.4. The van der Waals surface area contributed by atoms with Crippen molar-refractivity contribution in [2.45, 2.75) is 19.8 Å². The molecule has 0 radical (unpaired) electrons. The lowest BCUT2D eigenvalue weighted by Crippen LogP contribution is -2.30. The number of aromatic nitrogens is 3. The van der Waals surface area contributed by atoms with Gasteiger partial charge < -0.3 is 10.0 Å². The number of aryl methyl sites for hydroxylation is 3. The minimum Gasteiger partial charge on any atom is -0.481 e. The zero-order valence-corrected chi connectivity index (χ0v) is 16.1. The molecule has 0 spiro atoms. The predicted molar refractivity (Wildman–Crippen MR) is 104 cm³/mol. The first-order chi connectivity index (χ1) is 13.4. The van der Waals surface area contributed by atoms with E-state index in [4.69, 9.17) is 0 Å². The highest BCUT2D eigenvalue weighted by atomic mass is 16.4. The molecule has 0 unspecified atom stereocenters. The molecule has 2 atom stereocenters. The fourth-order valence-corrected chi connectivity index (χ4v) is 4.17. The van der Waals surface area contributed by atoms with Crippen molar-refractivity contribution in [3.63, 3.8) is 0 Å². The van der Waals surface area contributed by atoms with Crippen LogP contribution < -0.4 is 0 Å². The lowest BCUT2D eigenvalue weighted by atomic mass is 9.89. The normalized spacial score (nSPS) is 19.3. The fourth-order valence-electron chi connectivity index (χ4n) is 4.17. The molecule has 28 heavy (non-hydrogen) atoms. The van der Waals surface area contributed by atoms with E-state index in [-0.39, 0.29) is 18.4 Å². The third-order valence-corrected chi connectivity index (χ3v) is 5.48. The Morgan fingerprint density at radius 2 is 1.86 bits per heavy atom. The minimum absolute atomic E-state index is 0.170. The van der Waals surface area contributed by atoms with Crippen LogP contribution in [0.15, 0.2) is 36.4 Å². The van der Waals surface area contributed by atoms with Crippen molar-refractivity contribution in [2.75, 3.05) is 13.1 Å². The molecule has 1 saturated heterocycles. The topological polar surface area (TPSA) is 88.3 Å². The monoisotopic (exact) mass is 378 g/mol. The molecule has 1 aliphatic rings. The van der Waals surface area contributed by atoms with E-state index < -0.39 is 11.9 Å². The van der Waals surface area contributed by atoms with Gasteiger partial charge in [0.2, 0.25) is 0 Å². The Morgan fingerprint density at radius 1 is 1.14 bits per heavy atom. The van der Waals surface area contributed by atoms with Crippen molar-refractivity contribution in [1.82, 2.24) is 19.7 Å². The molecule has 1 fully saturated rings. The second-order valence-electron chi connectivity index (χ2n) is 7.39. The maximum absolute atomic E-state index is 13.4.